The first-order valence-electron chi connectivity index (χ1n) is 15.0. The summed E-state index contributed by atoms with van der Waals surface area (Å²) >= 11 is 6.29. The van der Waals surface area contributed by atoms with Gasteiger partial charge in [0.1, 0.15) is 0 Å². The topological polar surface area (TPSA) is 92.0 Å². The lowest BCUT2D eigenvalue weighted by Gasteiger charge is -2.42. The van der Waals surface area contributed by atoms with Crippen molar-refractivity contribution in [1.29, 1.82) is 0 Å². The van der Waals surface area contributed by atoms with Crippen LogP contribution in [0.25, 0.3) is 16.9 Å². The molecule has 13 heteroatoms. The number of fused-ring (bicyclic) bond motifs is 4. The van der Waals surface area contributed by atoms with Gasteiger partial charge in [-0.3, -0.25) is 14.8 Å². The van der Waals surface area contributed by atoms with Crippen LogP contribution in [0.15, 0.2) is 47.8 Å². The second kappa shape index (κ2) is 12.3. The largest absolute Gasteiger partial charge is 0.419 e. The Morgan fingerprint density at radius 2 is 1.91 bits per heavy atom. The first-order valence-corrected chi connectivity index (χ1v) is 15.4. The molecule has 2 bridgehead atoms. The summed E-state index contributed by atoms with van der Waals surface area (Å²) < 4.78 is 42.7. The van der Waals surface area contributed by atoms with Crippen molar-refractivity contribution in [2.75, 3.05) is 26.7 Å². The number of likely N-dealkylation sites (N-methyl/N-ethyl adjacent to an activating group) is 1. The number of hydrogen-bond acceptors (Lipinski definition) is 7. The van der Waals surface area contributed by atoms with Crippen LogP contribution in [-0.2, 0) is 6.18 Å². The number of nitrogens with one attached hydrogen (secondary N) is 3. The minimum atomic E-state index is -4.53. The van der Waals surface area contributed by atoms with E-state index < -0.39 is 11.7 Å². The molecule has 0 aliphatic carbocycles. The first kappa shape index (κ1) is 30.3. The third-order valence-electron chi connectivity index (χ3n) is 9.36. The minimum Gasteiger partial charge on any atom is -0.312 e. The number of hydrazine groups is 1. The van der Waals surface area contributed by atoms with Gasteiger partial charge in [0.2, 0.25) is 0 Å². The molecule has 9 nitrogen and oxygen atoms in total. The summed E-state index contributed by atoms with van der Waals surface area (Å²) in [7, 11) is 2.13. The molecule has 43 heavy (non-hydrogen) atoms. The average Bonchev–Trinajstić information content (AvgIpc) is 3.61. The van der Waals surface area contributed by atoms with E-state index in [2.05, 4.69) is 45.1 Å². The van der Waals surface area contributed by atoms with Crippen LogP contribution in [-0.4, -0.2) is 69.1 Å². The summed E-state index contributed by atoms with van der Waals surface area (Å²) in [5, 5.41) is 14.1. The zero-order valence-electron chi connectivity index (χ0n) is 24.3. The number of aromatic nitrogens is 4. The van der Waals surface area contributed by atoms with Crippen molar-refractivity contribution in [3.8, 4) is 16.9 Å². The van der Waals surface area contributed by atoms with E-state index in [-0.39, 0.29) is 17.6 Å². The van der Waals surface area contributed by atoms with Crippen molar-refractivity contribution in [1.82, 2.24) is 40.4 Å². The normalized spacial score (nSPS) is 29.1. The van der Waals surface area contributed by atoms with Gasteiger partial charge in [-0.15, -0.1) is 0 Å². The maximum Gasteiger partial charge on any atom is 0.419 e. The highest BCUT2D eigenvalue weighted by atomic mass is 35.5. The molecule has 6 atom stereocenters. The number of rotatable bonds is 3. The lowest BCUT2D eigenvalue weighted by molar-refractivity contribution is -0.137. The highest BCUT2D eigenvalue weighted by Gasteiger charge is 2.41. The fraction of sp³-hybridized carbons (Fsp3) is 0.567. The monoisotopic (exact) mass is 618 g/mol. The molecule has 0 radical (unpaired) electrons. The van der Waals surface area contributed by atoms with E-state index in [1.165, 1.54) is 6.07 Å². The smallest absolute Gasteiger partial charge is 0.312 e. The van der Waals surface area contributed by atoms with Gasteiger partial charge in [-0.05, 0) is 68.8 Å². The minimum absolute atomic E-state index is 0.0751. The molecule has 3 aromatic rings. The van der Waals surface area contributed by atoms with Crippen molar-refractivity contribution in [2.45, 2.75) is 69.4 Å². The molecule has 1 aromatic carbocycles. The first-order chi connectivity index (χ1) is 20.6. The Bertz CT molecular complexity index is 1490. The Morgan fingerprint density at radius 3 is 2.67 bits per heavy atom. The van der Waals surface area contributed by atoms with Crippen LogP contribution in [0, 0.1) is 11.8 Å². The standard InChI is InChI=1S/C30H38ClF3N8O/c1-18-4-3-5-27(24-10-19(8-9-35-24)29-25(36-13-18)15-38-40(29)2)41-17-37-23(12-28(41)43)22-11-21(31)6-7-26(22)42-16-20(14-39-42)30(32,33)34/h6-7,11-12,14,16-19,24-25,27,29,35-36,38H,3-5,8-10,13,15H2,1-2H3/t18-,19?,24?,25?,27+,29?/m1/s1. The predicted octanol–water partition coefficient (Wildman–Crippen LogP) is 4.27. The number of benzene rings is 1. The zero-order chi connectivity index (χ0) is 30.3. The molecule has 2 aromatic heterocycles. The molecule has 0 spiro atoms. The summed E-state index contributed by atoms with van der Waals surface area (Å²) in [6.45, 7) is 5.04. The second-order valence-electron chi connectivity index (χ2n) is 12.3. The number of hydrogen-bond donors (Lipinski definition) is 3. The highest BCUT2D eigenvalue weighted by molar-refractivity contribution is 6.31. The van der Waals surface area contributed by atoms with Crippen molar-refractivity contribution in [2.24, 2.45) is 11.8 Å². The molecule has 6 rings (SSSR count). The van der Waals surface area contributed by atoms with Crippen LogP contribution >= 0.6 is 11.6 Å². The molecular formula is C30H38ClF3N8O. The molecule has 0 amide bonds. The zero-order valence-corrected chi connectivity index (χ0v) is 25.1. The van der Waals surface area contributed by atoms with E-state index in [4.69, 9.17) is 11.6 Å². The Morgan fingerprint density at radius 1 is 1.07 bits per heavy atom. The molecule has 3 N–H and O–H groups in total. The number of alkyl halides is 3. The Hall–Kier alpha value is -2.77. The maximum atomic E-state index is 13.8. The van der Waals surface area contributed by atoms with Gasteiger partial charge in [0.15, 0.2) is 0 Å². The molecule has 3 fully saturated rings. The van der Waals surface area contributed by atoms with Gasteiger partial charge in [-0.25, -0.2) is 14.7 Å². The van der Waals surface area contributed by atoms with Crippen LogP contribution in [0.3, 0.4) is 0 Å². The van der Waals surface area contributed by atoms with E-state index in [1.807, 2.05) is 0 Å². The van der Waals surface area contributed by atoms with E-state index in [1.54, 1.807) is 29.1 Å². The van der Waals surface area contributed by atoms with Gasteiger partial charge in [-0.1, -0.05) is 24.9 Å². The summed E-state index contributed by atoms with van der Waals surface area (Å²) in [5.41, 5.74) is 3.54. The van der Waals surface area contributed by atoms with Crippen molar-refractivity contribution in [3.63, 3.8) is 0 Å². The van der Waals surface area contributed by atoms with E-state index in [0.717, 1.165) is 68.8 Å². The van der Waals surface area contributed by atoms with Crippen LogP contribution in [0.1, 0.15) is 50.6 Å². The summed E-state index contributed by atoms with van der Waals surface area (Å²) in [6.07, 6.45) is 3.65. The average molecular weight is 619 g/mol. The third kappa shape index (κ3) is 6.39. The summed E-state index contributed by atoms with van der Waals surface area (Å²) in [4.78, 5) is 18.4. The molecule has 232 valence electrons. The van der Waals surface area contributed by atoms with Crippen LogP contribution in [0.4, 0.5) is 13.2 Å². The van der Waals surface area contributed by atoms with Gasteiger partial charge in [0, 0.05) is 54.6 Å². The Balaban J connectivity index is 1.33. The maximum absolute atomic E-state index is 13.8. The summed E-state index contributed by atoms with van der Waals surface area (Å²) in [6, 6.07) is 6.99. The molecule has 5 heterocycles. The third-order valence-corrected chi connectivity index (χ3v) is 9.59. The van der Waals surface area contributed by atoms with Gasteiger partial charge < -0.3 is 10.6 Å². The molecule has 3 saturated heterocycles. The highest BCUT2D eigenvalue weighted by Crippen LogP contribution is 2.35. The van der Waals surface area contributed by atoms with Crippen LogP contribution in [0.2, 0.25) is 5.02 Å². The second-order valence-corrected chi connectivity index (χ2v) is 12.7. The number of nitrogens with zero attached hydrogens (tertiary/aromatic N) is 5. The Kier molecular flexibility index (Phi) is 8.67. The molecule has 3 aliphatic heterocycles. The van der Waals surface area contributed by atoms with Crippen molar-refractivity contribution < 1.29 is 13.2 Å². The quantitative estimate of drug-likeness (QED) is 0.404. The lowest BCUT2D eigenvalue weighted by atomic mass is 9.80. The van der Waals surface area contributed by atoms with Gasteiger partial charge in [-0.2, -0.15) is 18.3 Å². The fourth-order valence-electron chi connectivity index (χ4n) is 7.15. The predicted molar refractivity (Wildman–Crippen MR) is 159 cm³/mol. The van der Waals surface area contributed by atoms with Crippen LogP contribution < -0.4 is 21.6 Å². The van der Waals surface area contributed by atoms with Crippen molar-refractivity contribution >= 4 is 11.6 Å². The molecular weight excluding hydrogens is 581 g/mol. The molecule has 0 saturated carbocycles. The number of halogens is 4. The molecule has 3 aliphatic rings. The molecule has 4 unspecified atom stereocenters. The van der Waals surface area contributed by atoms with Crippen molar-refractivity contribution in [3.05, 3.63) is 63.9 Å². The van der Waals surface area contributed by atoms with Gasteiger partial charge in [0.05, 0.1) is 35.5 Å². The van der Waals surface area contributed by atoms with E-state index >= 15 is 0 Å². The van der Waals surface area contributed by atoms with Gasteiger partial charge in [0.25, 0.3) is 5.56 Å². The fourth-order valence-corrected chi connectivity index (χ4v) is 7.32. The van der Waals surface area contributed by atoms with Gasteiger partial charge >= 0.3 is 6.18 Å². The van der Waals surface area contributed by atoms with E-state index in [9.17, 15) is 18.0 Å². The SMILES string of the molecule is C[C@@H]1CCC[C@H](n2cnc(-c3cc(Cl)ccc3-n3cc(C(F)(F)F)cn3)cc2=O)C2CC(CCN2)C2C(CNN2C)NC1. The number of piperidine rings is 1. The summed E-state index contributed by atoms with van der Waals surface area (Å²) in [5.74, 6) is 0.978. The Labute approximate surface area is 253 Å². The van der Waals surface area contributed by atoms with E-state index in [0.29, 0.717) is 45.9 Å². The van der Waals surface area contributed by atoms with Crippen LogP contribution in [0.5, 0.6) is 0 Å². The lowest BCUT2D eigenvalue weighted by Crippen LogP contribution is -2.54.